The molecule has 0 fully saturated rings. The van der Waals surface area contributed by atoms with E-state index in [1.165, 1.54) is 34.8 Å². The van der Waals surface area contributed by atoms with E-state index >= 15 is 8.78 Å². The second-order valence-corrected chi connectivity index (χ2v) is 11.6. The molecule has 0 bridgehead atoms. The smallest absolute Gasteiger partial charge is 0.256 e. The van der Waals surface area contributed by atoms with E-state index in [2.05, 4.69) is 10.6 Å². The number of fused-ring (bicyclic) bond motifs is 2. The van der Waals surface area contributed by atoms with Crippen molar-refractivity contribution < 1.29 is 18.4 Å². The summed E-state index contributed by atoms with van der Waals surface area (Å²) in [5.41, 5.74) is 4.52. The van der Waals surface area contributed by atoms with Gasteiger partial charge in [0.15, 0.2) is 0 Å². The summed E-state index contributed by atoms with van der Waals surface area (Å²) in [5.74, 6) is -1.47. The van der Waals surface area contributed by atoms with Gasteiger partial charge in [0, 0.05) is 53.1 Å². The monoisotopic (exact) mass is 564 g/mol. The van der Waals surface area contributed by atoms with Gasteiger partial charge in [-0.05, 0) is 60.7 Å². The summed E-state index contributed by atoms with van der Waals surface area (Å²) >= 11 is 2.57. The Labute approximate surface area is 235 Å². The Hall–Kier alpha value is -4.66. The third kappa shape index (κ3) is 4.18. The molecule has 0 spiro atoms. The molecule has 3 aromatic carbocycles. The van der Waals surface area contributed by atoms with Crippen LogP contribution in [0.4, 0.5) is 20.2 Å². The van der Waals surface area contributed by atoms with Crippen molar-refractivity contribution in [3.63, 3.8) is 0 Å². The zero-order valence-corrected chi connectivity index (χ0v) is 22.3. The fourth-order valence-corrected chi connectivity index (χ4v) is 6.86. The molecule has 8 heteroatoms. The quantitative estimate of drug-likeness (QED) is 0.215. The predicted octanol–water partition coefficient (Wildman–Crippen LogP) is 8.41. The number of carbonyl (C=O) groups excluding carboxylic acids is 2. The normalized spacial score (nSPS) is 15.8. The highest BCUT2D eigenvalue weighted by Crippen LogP contribution is 2.40. The minimum atomic E-state index is -0.543. The van der Waals surface area contributed by atoms with E-state index in [9.17, 15) is 9.59 Å². The Kier molecular flexibility index (Phi) is 5.80. The molecule has 194 valence electrons. The molecule has 0 unspecified atom stereocenters. The molecule has 4 heterocycles. The van der Waals surface area contributed by atoms with Crippen LogP contribution in [-0.2, 0) is 9.59 Å². The van der Waals surface area contributed by atoms with E-state index in [0.29, 0.717) is 20.9 Å². The maximum Gasteiger partial charge on any atom is 0.256 e. The molecule has 2 amide bonds. The fraction of sp³-hybridized carbons (Fsp3) is 0. The van der Waals surface area contributed by atoms with E-state index in [4.69, 9.17) is 0 Å². The molecule has 4 nitrogen and oxygen atoms in total. The second-order valence-electron chi connectivity index (χ2n) is 9.33. The summed E-state index contributed by atoms with van der Waals surface area (Å²) in [4.78, 5) is 27.5. The lowest BCUT2D eigenvalue weighted by Crippen LogP contribution is -2.03. The standard InChI is InChI=1S/C32H18F2N2O2S2/c33-25-16-24(30-12-10-18(40-30)14-22-20-6-2-4-8-28(20)36-32(22)38)26(34)15-23(25)29-11-9-17(39-29)13-21-19-5-1-3-7-27(19)35-31(21)37/h1-16H,(H,35,37)(H,36,38)/b21-13-,22-14-. The molecule has 2 aromatic heterocycles. The number of carbonyl (C=O) groups is 2. The van der Waals surface area contributed by atoms with E-state index < -0.39 is 11.6 Å². The Bertz CT molecular complexity index is 1790. The molecular weight excluding hydrogens is 546 g/mol. The van der Waals surface area contributed by atoms with Gasteiger partial charge in [-0.2, -0.15) is 0 Å². The first-order valence-electron chi connectivity index (χ1n) is 12.4. The van der Waals surface area contributed by atoms with Gasteiger partial charge in [0.1, 0.15) is 11.6 Å². The highest BCUT2D eigenvalue weighted by molar-refractivity contribution is 7.16. The molecule has 2 N–H and O–H groups in total. The van der Waals surface area contributed by atoms with Crippen LogP contribution < -0.4 is 10.6 Å². The Morgan fingerprint density at radius 2 is 0.975 bits per heavy atom. The van der Waals surface area contributed by atoms with E-state index in [1.807, 2.05) is 48.5 Å². The van der Waals surface area contributed by atoms with Crippen LogP contribution in [-0.4, -0.2) is 11.8 Å². The summed E-state index contributed by atoms with van der Waals surface area (Å²) < 4.78 is 30.7. The summed E-state index contributed by atoms with van der Waals surface area (Å²) in [6, 6.07) is 24.3. The largest absolute Gasteiger partial charge is 0.321 e. The first kappa shape index (κ1) is 24.4. The first-order chi connectivity index (χ1) is 19.4. The number of amides is 2. The Morgan fingerprint density at radius 3 is 1.43 bits per heavy atom. The highest BCUT2D eigenvalue weighted by atomic mass is 32.1. The average Bonchev–Trinajstić information content (AvgIpc) is 3.73. The van der Waals surface area contributed by atoms with Gasteiger partial charge in [0.2, 0.25) is 0 Å². The molecular formula is C32H18F2N2O2S2. The van der Waals surface area contributed by atoms with Gasteiger partial charge in [-0.3, -0.25) is 9.59 Å². The Balaban J connectivity index is 1.17. The van der Waals surface area contributed by atoms with Gasteiger partial charge in [0.05, 0.1) is 11.1 Å². The highest BCUT2D eigenvalue weighted by Gasteiger charge is 2.25. The molecule has 5 aromatic rings. The van der Waals surface area contributed by atoms with Gasteiger partial charge in [-0.25, -0.2) is 8.78 Å². The number of benzene rings is 3. The summed E-state index contributed by atoms with van der Waals surface area (Å²) in [6.07, 6.45) is 3.53. The Morgan fingerprint density at radius 1 is 0.550 bits per heavy atom. The number of halogens is 2. The van der Waals surface area contributed by atoms with E-state index in [0.717, 1.165) is 32.3 Å². The maximum absolute atomic E-state index is 15.3. The van der Waals surface area contributed by atoms with Crippen LogP contribution in [0.2, 0.25) is 0 Å². The van der Waals surface area contributed by atoms with Crippen LogP contribution in [0.3, 0.4) is 0 Å². The van der Waals surface area contributed by atoms with Crippen LogP contribution in [0.25, 0.3) is 44.2 Å². The zero-order valence-electron chi connectivity index (χ0n) is 20.6. The number of rotatable bonds is 4. The summed E-state index contributed by atoms with van der Waals surface area (Å²) in [5, 5.41) is 5.68. The van der Waals surface area contributed by atoms with Crippen molar-refractivity contribution in [2.75, 3.05) is 10.6 Å². The lowest BCUT2D eigenvalue weighted by atomic mass is 10.1. The number of para-hydroxylation sites is 2. The van der Waals surface area contributed by atoms with Gasteiger partial charge in [-0.15, -0.1) is 22.7 Å². The molecule has 0 saturated heterocycles. The third-order valence-electron chi connectivity index (χ3n) is 6.83. The van der Waals surface area contributed by atoms with Gasteiger partial charge < -0.3 is 10.6 Å². The minimum Gasteiger partial charge on any atom is -0.321 e. The van der Waals surface area contributed by atoms with Crippen molar-refractivity contribution in [1.82, 2.24) is 0 Å². The van der Waals surface area contributed by atoms with Gasteiger partial charge in [0.25, 0.3) is 11.8 Å². The second kappa shape index (κ2) is 9.51. The molecule has 0 aliphatic carbocycles. The third-order valence-corrected chi connectivity index (χ3v) is 8.97. The van der Waals surface area contributed by atoms with Crippen molar-refractivity contribution in [2.24, 2.45) is 0 Å². The van der Waals surface area contributed by atoms with Crippen molar-refractivity contribution in [3.8, 4) is 20.9 Å². The molecule has 0 atom stereocenters. The van der Waals surface area contributed by atoms with Gasteiger partial charge in [-0.1, -0.05) is 36.4 Å². The zero-order chi connectivity index (χ0) is 27.4. The topological polar surface area (TPSA) is 58.2 Å². The van der Waals surface area contributed by atoms with Crippen LogP contribution >= 0.6 is 22.7 Å². The van der Waals surface area contributed by atoms with Crippen LogP contribution in [0, 0.1) is 11.6 Å². The van der Waals surface area contributed by atoms with Crippen molar-refractivity contribution >= 4 is 69.2 Å². The van der Waals surface area contributed by atoms with E-state index in [1.54, 1.807) is 36.4 Å². The van der Waals surface area contributed by atoms with Crippen molar-refractivity contribution in [2.45, 2.75) is 0 Å². The molecule has 2 aliphatic rings. The number of nitrogens with one attached hydrogen (secondary N) is 2. The number of thiophene rings is 2. The fourth-order valence-electron chi connectivity index (χ4n) is 4.92. The SMILES string of the molecule is O=C1Nc2ccccc2/C1=C/c1ccc(-c2cc(F)c(-c3ccc(/C=C4\C(=O)Nc5ccccc54)s3)cc2F)s1. The van der Waals surface area contributed by atoms with Crippen molar-refractivity contribution in [1.29, 1.82) is 0 Å². The minimum absolute atomic E-state index is 0.158. The lowest BCUT2D eigenvalue weighted by Gasteiger charge is -2.06. The molecule has 7 rings (SSSR count). The first-order valence-corrected chi connectivity index (χ1v) is 14.0. The van der Waals surface area contributed by atoms with Crippen LogP contribution in [0.1, 0.15) is 20.9 Å². The number of hydrogen-bond acceptors (Lipinski definition) is 4. The van der Waals surface area contributed by atoms with Crippen LogP contribution in [0.5, 0.6) is 0 Å². The average molecular weight is 565 g/mol. The van der Waals surface area contributed by atoms with Crippen LogP contribution in [0.15, 0.2) is 84.9 Å². The molecule has 40 heavy (non-hydrogen) atoms. The summed E-state index contributed by atoms with van der Waals surface area (Å²) in [6.45, 7) is 0. The molecule has 2 aliphatic heterocycles. The molecule has 0 saturated carbocycles. The van der Waals surface area contributed by atoms with E-state index in [-0.39, 0.29) is 22.9 Å². The lowest BCUT2D eigenvalue weighted by molar-refractivity contribution is -0.111. The number of hydrogen-bond donors (Lipinski definition) is 2. The predicted molar refractivity (Wildman–Crippen MR) is 159 cm³/mol. The maximum atomic E-state index is 15.3. The van der Waals surface area contributed by atoms with Crippen molar-refractivity contribution in [3.05, 3.63) is 117 Å². The summed E-state index contributed by atoms with van der Waals surface area (Å²) in [7, 11) is 0. The van der Waals surface area contributed by atoms with Gasteiger partial charge >= 0.3 is 0 Å². The number of anilines is 2. The molecule has 0 radical (unpaired) electrons.